The van der Waals surface area contributed by atoms with Crippen molar-refractivity contribution < 1.29 is 4.42 Å². The highest BCUT2D eigenvalue weighted by molar-refractivity contribution is 6.31. The van der Waals surface area contributed by atoms with Crippen LogP contribution in [0.4, 0.5) is 11.4 Å². The lowest BCUT2D eigenvalue weighted by Gasteiger charge is -2.24. The fourth-order valence-electron chi connectivity index (χ4n) is 3.23. The molecule has 134 valence electrons. The molecule has 0 saturated carbocycles. The molecule has 0 bridgehead atoms. The molecule has 3 heterocycles. The Kier molecular flexibility index (Phi) is 3.75. The largest absolute Gasteiger partial charge is 0.445 e. The Morgan fingerprint density at radius 3 is 2.78 bits per heavy atom. The van der Waals surface area contributed by atoms with Crippen LogP contribution < -0.4 is 10.2 Å². The van der Waals surface area contributed by atoms with Gasteiger partial charge in [0.1, 0.15) is 6.26 Å². The smallest absolute Gasteiger partial charge is 0.237 e. The second-order valence-corrected chi connectivity index (χ2v) is 6.59. The molecule has 2 N–H and O–H groups in total. The van der Waals surface area contributed by atoms with Crippen LogP contribution in [-0.4, -0.2) is 25.6 Å². The van der Waals surface area contributed by atoms with E-state index in [0.717, 1.165) is 22.5 Å². The van der Waals surface area contributed by atoms with Crippen molar-refractivity contribution in [3.05, 3.63) is 71.4 Å². The number of H-pyrrole nitrogens is 1. The van der Waals surface area contributed by atoms with Gasteiger partial charge in [-0.05, 0) is 34.2 Å². The highest BCUT2D eigenvalue weighted by Crippen LogP contribution is 2.42. The third-order valence-corrected chi connectivity index (χ3v) is 4.72. The monoisotopic (exact) mass is 379 g/mol. The highest BCUT2D eigenvalue weighted by atomic mass is 35.5. The lowest BCUT2D eigenvalue weighted by atomic mass is 10.1. The number of aromatic amines is 1. The lowest BCUT2D eigenvalue weighted by molar-refractivity contribution is 0.457. The molecule has 0 spiro atoms. The minimum atomic E-state index is -0.202. The summed E-state index contributed by atoms with van der Waals surface area (Å²) >= 11 is 6.15. The second kappa shape index (κ2) is 6.40. The number of aromatic nitrogens is 5. The average molecular weight is 380 g/mol. The summed E-state index contributed by atoms with van der Waals surface area (Å²) in [7, 11) is 0. The van der Waals surface area contributed by atoms with Crippen LogP contribution in [-0.2, 0) is 6.54 Å². The van der Waals surface area contributed by atoms with Crippen molar-refractivity contribution in [1.82, 2.24) is 25.6 Å². The first-order chi connectivity index (χ1) is 13.3. The van der Waals surface area contributed by atoms with Crippen LogP contribution in [0.1, 0.15) is 17.6 Å². The summed E-state index contributed by atoms with van der Waals surface area (Å²) in [4.78, 5) is 6.51. The summed E-state index contributed by atoms with van der Waals surface area (Å²) in [6, 6.07) is 13.9. The fraction of sp³-hybridized carbons (Fsp3) is 0.111. The van der Waals surface area contributed by atoms with Gasteiger partial charge in [0.05, 0.1) is 17.6 Å². The average Bonchev–Trinajstić information content (AvgIpc) is 3.44. The maximum absolute atomic E-state index is 6.15. The van der Waals surface area contributed by atoms with E-state index in [1.54, 1.807) is 12.5 Å². The van der Waals surface area contributed by atoms with Gasteiger partial charge in [0.15, 0.2) is 12.0 Å². The van der Waals surface area contributed by atoms with E-state index in [-0.39, 0.29) is 6.17 Å². The Balaban J connectivity index is 1.46. The van der Waals surface area contributed by atoms with E-state index in [9.17, 15) is 0 Å². The van der Waals surface area contributed by atoms with Crippen LogP contribution in [0.2, 0.25) is 5.02 Å². The molecule has 27 heavy (non-hydrogen) atoms. The Hall–Kier alpha value is -3.39. The molecule has 1 aliphatic rings. The molecule has 1 unspecified atom stereocenters. The van der Waals surface area contributed by atoms with Crippen molar-refractivity contribution in [2.24, 2.45) is 0 Å². The molecule has 8 nitrogen and oxygen atoms in total. The van der Waals surface area contributed by atoms with Crippen molar-refractivity contribution in [3.63, 3.8) is 0 Å². The van der Waals surface area contributed by atoms with E-state index in [2.05, 4.69) is 48.0 Å². The third kappa shape index (κ3) is 2.89. The molecule has 0 fully saturated rings. The summed E-state index contributed by atoms with van der Waals surface area (Å²) in [5.41, 5.74) is 4.06. The molecule has 4 aromatic rings. The number of benzene rings is 2. The molecule has 0 radical (unpaired) electrons. The lowest BCUT2D eigenvalue weighted by Crippen LogP contribution is -2.27. The maximum atomic E-state index is 6.15. The van der Waals surface area contributed by atoms with Crippen LogP contribution in [0.15, 0.2) is 59.3 Å². The minimum absolute atomic E-state index is 0.202. The molecule has 1 atom stereocenters. The summed E-state index contributed by atoms with van der Waals surface area (Å²) in [5.74, 6) is 1.24. The Morgan fingerprint density at radius 1 is 1.15 bits per heavy atom. The van der Waals surface area contributed by atoms with Gasteiger partial charge in [-0.3, -0.25) is 0 Å². The number of rotatable bonds is 4. The Labute approximate surface area is 159 Å². The zero-order valence-electron chi connectivity index (χ0n) is 14.0. The molecular formula is C18H14ClN7O. The summed E-state index contributed by atoms with van der Waals surface area (Å²) in [6.45, 7) is 0.670. The van der Waals surface area contributed by atoms with Gasteiger partial charge in [-0.25, -0.2) is 10.1 Å². The zero-order chi connectivity index (χ0) is 18.2. The molecule has 1 aliphatic heterocycles. The number of tetrazole rings is 1. The topological polar surface area (TPSA) is 95.8 Å². The van der Waals surface area contributed by atoms with Crippen LogP contribution >= 0.6 is 11.6 Å². The molecule has 0 saturated heterocycles. The van der Waals surface area contributed by atoms with E-state index in [1.807, 2.05) is 30.3 Å². The molecule has 9 heteroatoms. The first kappa shape index (κ1) is 15.8. The predicted octanol–water partition coefficient (Wildman–Crippen LogP) is 3.64. The molecule has 2 aromatic carbocycles. The first-order valence-corrected chi connectivity index (χ1v) is 8.71. The molecule has 5 rings (SSSR count). The number of fused-ring (bicyclic) bond motifs is 1. The van der Waals surface area contributed by atoms with Crippen molar-refractivity contribution in [2.75, 3.05) is 10.2 Å². The van der Waals surface area contributed by atoms with Crippen molar-refractivity contribution >= 4 is 23.0 Å². The van der Waals surface area contributed by atoms with E-state index in [4.69, 9.17) is 16.0 Å². The van der Waals surface area contributed by atoms with Crippen LogP contribution in [0.25, 0.3) is 11.4 Å². The van der Waals surface area contributed by atoms with E-state index < -0.39 is 0 Å². The SMILES string of the molecule is Clc1ccc2c(c1)NC(c1ncco1)N2Cc1ccc(-c2nnn[nH]2)cc1. The molecular weight excluding hydrogens is 366 g/mol. The van der Waals surface area contributed by atoms with Crippen molar-refractivity contribution in [3.8, 4) is 11.4 Å². The normalized spacial score (nSPS) is 15.6. The predicted molar refractivity (Wildman–Crippen MR) is 100 cm³/mol. The minimum Gasteiger partial charge on any atom is -0.445 e. The molecule has 0 amide bonds. The second-order valence-electron chi connectivity index (χ2n) is 6.15. The first-order valence-electron chi connectivity index (χ1n) is 8.33. The van der Waals surface area contributed by atoms with Gasteiger partial charge in [-0.15, -0.1) is 5.10 Å². The van der Waals surface area contributed by atoms with Crippen LogP contribution in [0, 0.1) is 0 Å². The van der Waals surface area contributed by atoms with Gasteiger partial charge in [-0.1, -0.05) is 35.9 Å². The van der Waals surface area contributed by atoms with E-state index >= 15 is 0 Å². The van der Waals surface area contributed by atoms with Gasteiger partial charge in [-0.2, -0.15) is 0 Å². The Morgan fingerprint density at radius 2 is 2.04 bits per heavy atom. The number of hydrogen-bond acceptors (Lipinski definition) is 7. The Bertz CT molecular complexity index is 1050. The summed E-state index contributed by atoms with van der Waals surface area (Å²) in [6.07, 6.45) is 3.02. The van der Waals surface area contributed by atoms with Gasteiger partial charge in [0, 0.05) is 17.1 Å². The standard InChI is InChI=1S/C18H14ClN7O/c19-13-5-6-15-14(9-13)21-17(18-20-7-8-27-18)26(15)10-11-1-3-12(4-2-11)16-22-24-25-23-16/h1-9,17,21H,10H2,(H,22,23,24,25). The van der Waals surface area contributed by atoms with Crippen LogP contribution in [0.3, 0.4) is 0 Å². The van der Waals surface area contributed by atoms with Crippen molar-refractivity contribution in [1.29, 1.82) is 0 Å². The maximum Gasteiger partial charge on any atom is 0.237 e. The van der Waals surface area contributed by atoms with Gasteiger partial charge in [0.2, 0.25) is 5.89 Å². The third-order valence-electron chi connectivity index (χ3n) is 4.48. The van der Waals surface area contributed by atoms with Crippen molar-refractivity contribution in [2.45, 2.75) is 12.7 Å². The quantitative estimate of drug-likeness (QED) is 0.558. The summed E-state index contributed by atoms with van der Waals surface area (Å²) in [5, 5.41) is 18.0. The number of hydrogen-bond donors (Lipinski definition) is 2. The number of nitrogens with one attached hydrogen (secondary N) is 2. The summed E-state index contributed by atoms with van der Waals surface area (Å²) < 4.78 is 5.54. The highest BCUT2D eigenvalue weighted by Gasteiger charge is 2.33. The fourth-order valence-corrected chi connectivity index (χ4v) is 3.40. The van der Waals surface area contributed by atoms with E-state index in [1.165, 1.54) is 0 Å². The number of nitrogens with zero attached hydrogens (tertiary/aromatic N) is 5. The van der Waals surface area contributed by atoms with Crippen LogP contribution in [0.5, 0.6) is 0 Å². The van der Waals surface area contributed by atoms with E-state index in [0.29, 0.717) is 23.3 Å². The van der Waals surface area contributed by atoms with Gasteiger partial charge < -0.3 is 14.6 Å². The zero-order valence-corrected chi connectivity index (χ0v) is 14.8. The van der Waals surface area contributed by atoms with Gasteiger partial charge in [0.25, 0.3) is 0 Å². The number of oxazole rings is 1. The number of anilines is 2. The number of halogens is 1. The van der Waals surface area contributed by atoms with Gasteiger partial charge >= 0.3 is 0 Å². The molecule has 2 aromatic heterocycles. The molecule has 0 aliphatic carbocycles.